The summed E-state index contributed by atoms with van der Waals surface area (Å²) in [6.45, 7) is 0. The highest BCUT2D eigenvalue weighted by molar-refractivity contribution is 7.99. The first-order chi connectivity index (χ1) is 10.2. The van der Waals surface area contributed by atoms with Crippen molar-refractivity contribution in [2.45, 2.75) is 12.5 Å². The van der Waals surface area contributed by atoms with Crippen molar-refractivity contribution in [3.8, 4) is 0 Å². The average Bonchev–Trinajstić information content (AvgIpc) is 3.10. The molecule has 1 aliphatic heterocycles. The van der Waals surface area contributed by atoms with Crippen molar-refractivity contribution in [2.24, 2.45) is 0 Å². The number of hydrogen-bond donors (Lipinski definition) is 2. The van der Waals surface area contributed by atoms with Crippen LogP contribution < -0.4 is 10.6 Å². The molecule has 0 spiro atoms. The molecule has 0 bridgehead atoms. The Bertz CT molecular complexity index is 643. The molecule has 2 heterocycles. The van der Waals surface area contributed by atoms with Gasteiger partial charge in [0.25, 0.3) is 0 Å². The second-order valence-corrected chi connectivity index (χ2v) is 7.10. The average molecular weight is 341 g/mol. The quantitative estimate of drug-likeness (QED) is 0.894. The smallest absolute Gasteiger partial charge is 0.244 e. The molecule has 1 aromatic carbocycles. The molecule has 8 heteroatoms. The number of nitrogens with one attached hydrogen (secondary N) is 2. The summed E-state index contributed by atoms with van der Waals surface area (Å²) >= 11 is 9.06. The van der Waals surface area contributed by atoms with Gasteiger partial charge < -0.3 is 0 Å². The van der Waals surface area contributed by atoms with Gasteiger partial charge in [0, 0.05) is 23.1 Å². The van der Waals surface area contributed by atoms with Crippen molar-refractivity contribution in [1.29, 1.82) is 0 Å². The molecule has 1 saturated heterocycles. The van der Waals surface area contributed by atoms with E-state index >= 15 is 0 Å². The molecule has 5 nitrogen and oxygen atoms in total. The summed E-state index contributed by atoms with van der Waals surface area (Å²) in [5.41, 5.74) is 1.07. The van der Waals surface area contributed by atoms with Gasteiger partial charge in [-0.3, -0.25) is 15.4 Å². The van der Waals surface area contributed by atoms with Crippen LogP contribution in [-0.4, -0.2) is 33.8 Å². The van der Waals surface area contributed by atoms with Gasteiger partial charge in [0.05, 0.1) is 6.04 Å². The van der Waals surface area contributed by atoms with Crippen LogP contribution in [0.25, 0.3) is 0 Å². The van der Waals surface area contributed by atoms with Crippen LogP contribution in [0.2, 0.25) is 5.02 Å². The van der Waals surface area contributed by atoms with Crippen LogP contribution in [0.15, 0.2) is 24.3 Å². The summed E-state index contributed by atoms with van der Waals surface area (Å²) in [6, 6.07) is 7.50. The topological polar surface area (TPSA) is 66.9 Å². The highest BCUT2D eigenvalue weighted by atomic mass is 35.5. The summed E-state index contributed by atoms with van der Waals surface area (Å²) < 4.78 is 0. The Kier molecular flexibility index (Phi) is 4.74. The molecular formula is C13H13ClN4OS2. The van der Waals surface area contributed by atoms with E-state index in [9.17, 15) is 4.79 Å². The van der Waals surface area contributed by atoms with Crippen molar-refractivity contribution in [3.05, 3.63) is 39.9 Å². The van der Waals surface area contributed by atoms with Gasteiger partial charge in [-0.05, 0) is 17.7 Å². The van der Waals surface area contributed by atoms with Crippen LogP contribution in [0, 0.1) is 0 Å². The Labute approximate surface area is 135 Å². The lowest BCUT2D eigenvalue weighted by Gasteiger charge is -2.07. The van der Waals surface area contributed by atoms with E-state index in [1.807, 2.05) is 24.3 Å². The van der Waals surface area contributed by atoms with E-state index in [2.05, 4.69) is 20.8 Å². The fraction of sp³-hybridized carbons (Fsp3) is 0.308. The number of rotatable bonds is 4. The Morgan fingerprint density at radius 3 is 3.14 bits per heavy atom. The van der Waals surface area contributed by atoms with E-state index in [0.29, 0.717) is 16.6 Å². The summed E-state index contributed by atoms with van der Waals surface area (Å²) in [6.07, 6.45) is 0.658. The van der Waals surface area contributed by atoms with Gasteiger partial charge in [-0.15, -0.1) is 22.0 Å². The Morgan fingerprint density at radius 1 is 1.48 bits per heavy atom. The van der Waals surface area contributed by atoms with E-state index in [1.165, 1.54) is 11.3 Å². The van der Waals surface area contributed by atoms with Gasteiger partial charge in [0.15, 0.2) is 0 Å². The summed E-state index contributed by atoms with van der Waals surface area (Å²) in [7, 11) is 0. The molecule has 1 fully saturated rings. The van der Waals surface area contributed by atoms with Crippen molar-refractivity contribution in [2.75, 3.05) is 16.9 Å². The molecule has 110 valence electrons. The maximum atomic E-state index is 12.0. The maximum Gasteiger partial charge on any atom is 0.244 e. The predicted octanol–water partition coefficient (Wildman–Crippen LogP) is 2.38. The van der Waals surface area contributed by atoms with E-state index in [1.54, 1.807) is 11.8 Å². The Hall–Kier alpha value is -1.15. The molecule has 1 amide bonds. The van der Waals surface area contributed by atoms with Crippen LogP contribution in [0.3, 0.4) is 0 Å². The standard InChI is InChI=1S/C13H13ClN4OS2/c14-9-3-1-2-8(4-9)5-11-17-18-13(21-11)16-12(19)10-6-20-7-15-10/h1-4,10,15H,5-7H2,(H,16,18,19). The number of aromatic nitrogens is 2. The van der Waals surface area contributed by atoms with Crippen LogP contribution in [0.4, 0.5) is 5.13 Å². The minimum atomic E-state index is -0.143. The largest absolute Gasteiger partial charge is 0.299 e. The van der Waals surface area contributed by atoms with Crippen molar-refractivity contribution < 1.29 is 4.79 Å². The van der Waals surface area contributed by atoms with Crippen LogP contribution in [-0.2, 0) is 11.2 Å². The van der Waals surface area contributed by atoms with Crippen molar-refractivity contribution in [1.82, 2.24) is 15.5 Å². The van der Waals surface area contributed by atoms with E-state index in [-0.39, 0.29) is 11.9 Å². The molecule has 1 aliphatic rings. The number of thioether (sulfide) groups is 1. The molecule has 3 rings (SSSR count). The van der Waals surface area contributed by atoms with Gasteiger partial charge in [0.1, 0.15) is 5.01 Å². The summed E-state index contributed by atoms with van der Waals surface area (Å²) in [5, 5.41) is 16.1. The molecule has 0 saturated carbocycles. The molecular weight excluding hydrogens is 328 g/mol. The fourth-order valence-corrected chi connectivity index (χ4v) is 3.88. The molecule has 1 atom stereocenters. The molecule has 2 aromatic rings. The highest BCUT2D eigenvalue weighted by Crippen LogP contribution is 2.21. The summed E-state index contributed by atoms with van der Waals surface area (Å²) in [4.78, 5) is 12.0. The number of halogens is 1. The molecule has 0 aliphatic carbocycles. The minimum absolute atomic E-state index is 0.0505. The van der Waals surface area contributed by atoms with Gasteiger partial charge >= 0.3 is 0 Å². The Balaban J connectivity index is 1.62. The summed E-state index contributed by atoms with van der Waals surface area (Å²) in [5.74, 6) is 1.55. The molecule has 1 unspecified atom stereocenters. The van der Waals surface area contributed by atoms with Gasteiger partial charge in [-0.1, -0.05) is 35.1 Å². The third kappa shape index (κ3) is 3.94. The number of nitrogens with zero attached hydrogens (tertiary/aromatic N) is 2. The van der Waals surface area contributed by atoms with Crippen LogP contribution in [0.1, 0.15) is 10.6 Å². The second-order valence-electron chi connectivity index (χ2n) is 4.57. The monoisotopic (exact) mass is 340 g/mol. The Morgan fingerprint density at radius 2 is 2.38 bits per heavy atom. The highest BCUT2D eigenvalue weighted by Gasteiger charge is 2.23. The first-order valence-corrected chi connectivity index (χ1v) is 8.74. The van der Waals surface area contributed by atoms with Crippen molar-refractivity contribution >= 4 is 45.7 Å². The second kappa shape index (κ2) is 6.74. The molecule has 1 aromatic heterocycles. The van der Waals surface area contributed by atoms with E-state index in [0.717, 1.165) is 22.2 Å². The van der Waals surface area contributed by atoms with Crippen LogP contribution >= 0.6 is 34.7 Å². The molecule has 0 radical (unpaired) electrons. The number of anilines is 1. The van der Waals surface area contributed by atoms with Gasteiger partial charge in [-0.2, -0.15) is 0 Å². The first kappa shape index (κ1) is 14.8. The van der Waals surface area contributed by atoms with E-state index in [4.69, 9.17) is 11.6 Å². The zero-order chi connectivity index (χ0) is 14.7. The first-order valence-electron chi connectivity index (χ1n) is 6.39. The lowest BCUT2D eigenvalue weighted by atomic mass is 10.2. The SMILES string of the molecule is O=C(Nc1nnc(Cc2cccc(Cl)c2)s1)C1CSCN1. The zero-order valence-electron chi connectivity index (χ0n) is 11.0. The lowest BCUT2D eigenvalue weighted by molar-refractivity contribution is -0.117. The predicted molar refractivity (Wildman–Crippen MR) is 87.0 cm³/mol. The number of carbonyl (C=O) groups is 1. The normalized spacial score (nSPS) is 17.9. The fourth-order valence-electron chi connectivity index (χ4n) is 1.95. The number of amides is 1. The van der Waals surface area contributed by atoms with Gasteiger partial charge in [-0.25, -0.2) is 0 Å². The number of carbonyl (C=O) groups excluding carboxylic acids is 1. The lowest BCUT2D eigenvalue weighted by Crippen LogP contribution is -2.37. The van der Waals surface area contributed by atoms with E-state index < -0.39 is 0 Å². The van der Waals surface area contributed by atoms with Gasteiger partial charge in [0.2, 0.25) is 11.0 Å². The zero-order valence-corrected chi connectivity index (χ0v) is 13.4. The molecule has 2 N–H and O–H groups in total. The third-order valence-corrected chi connectivity index (χ3v) is 4.99. The van der Waals surface area contributed by atoms with Crippen molar-refractivity contribution in [3.63, 3.8) is 0 Å². The van der Waals surface area contributed by atoms with Crippen LogP contribution in [0.5, 0.6) is 0 Å². The number of hydrogen-bond acceptors (Lipinski definition) is 6. The molecule has 21 heavy (non-hydrogen) atoms. The minimum Gasteiger partial charge on any atom is -0.299 e. The third-order valence-electron chi connectivity index (χ3n) is 2.97. The number of benzene rings is 1. The maximum absolute atomic E-state index is 12.0.